The summed E-state index contributed by atoms with van der Waals surface area (Å²) in [5, 5.41) is 14.6. The topological polar surface area (TPSA) is 130 Å². The zero-order valence-electron chi connectivity index (χ0n) is 18.4. The molecule has 0 bridgehead atoms. The van der Waals surface area contributed by atoms with E-state index < -0.39 is 21.1 Å². The summed E-state index contributed by atoms with van der Waals surface area (Å²) in [6.45, 7) is 0. The number of fused-ring (bicyclic) bond motifs is 2. The minimum atomic E-state index is -4.17. The summed E-state index contributed by atoms with van der Waals surface area (Å²) < 4.78 is 29.0. The van der Waals surface area contributed by atoms with Crippen LogP contribution in [-0.2, 0) is 9.84 Å². The number of halogens is 1. The van der Waals surface area contributed by atoms with Crippen molar-refractivity contribution in [2.24, 2.45) is 0 Å². The maximum absolute atomic E-state index is 13.6. The first-order valence-electron chi connectivity index (χ1n) is 10.6. The van der Waals surface area contributed by atoms with Crippen molar-refractivity contribution >= 4 is 43.2 Å². The van der Waals surface area contributed by atoms with Crippen LogP contribution in [0, 0.1) is 0 Å². The van der Waals surface area contributed by atoms with Crippen molar-refractivity contribution in [1.82, 2.24) is 24.4 Å². The number of benzene rings is 2. The Balaban J connectivity index is 1.66. The molecule has 2 N–H and O–H groups in total. The van der Waals surface area contributed by atoms with Gasteiger partial charge in [0.1, 0.15) is 0 Å². The Morgan fingerprint density at radius 1 is 1.18 bits per heavy atom. The van der Waals surface area contributed by atoms with Gasteiger partial charge in [0.15, 0.2) is 0 Å². The molecule has 1 aliphatic rings. The molecule has 1 saturated carbocycles. The van der Waals surface area contributed by atoms with Crippen LogP contribution in [0.15, 0.2) is 55.9 Å². The first-order chi connectivity index (χ1) is 16.1. The fourth-order valence-electron chi connectivity index (χ4n) is 4.70. The van der Waals surface area contributed by atoms with Crippen molar-refractivity contribution in [3.05, 3.63) is 62.4 Å². The van der Waals surface area contributed by atoms with Gasteiger partial charge in [0, 0.05) is 11.4 Å². The smallest absolute Gasteiger partial charge is 0.362 e. The monoisotopic (exact) mass is 503 g/mol. The summed E-state index contributed by atoms with van der Waals surface area (Å²) in [5.74, 6) is 0. The second kappa shape index (κ2) is 7.97. The standard InChI is InChI=1S/C22H22ClN5O5S/c1-26(2)13-4-5-14(9-13)27-17-10-15(6-3-12(17)11-24-27)34(32,33)18-8-7-16(23)19-20(18)25-22(30)28(31)21(19)29/h3,6-8,10-11,13-14,31H,4-5,9H2,1-2H3,(H,25,30)/t13-,14-/m0/s1. The Hall–Kier alpha value is -3.15. The molecule has 34 heavy (non-hydrogen) atoms. The van der Waals surface area contributed by atoms with E-state index >= 15 is 0 Å². The third-order valence-electron chi connectivity index (χ3n) is 6.57. The van der Waals surface area contributed by atoms with Crippen molar-refractivity contribution in [1.29, 1.82) is 0 Å². The molecule has 1 fully saturated rings. The van der Waals surface area contributed by atoms with Gasteiger partial charge in [-0.3, -0.25) is 9.48 Å². The maximum atomic E-state index is 13.6. The quantitative estimate of drug-likeness (QED) is 0.409. The molecule has 2 atom stereocenters. The van der Waals surface area contributed by atoms with Gasteiger partial charge in [-0.1, -0.05) is 16.3 Å². The van der Waals surface area contributed by atoms with E-state index in [9.17, 15) is 23.2 Å². The van der Waals surface area contributed by atoms with E-state index in [4.69, 9.17) is 11.6 Å². The summed E-state index contributed by atoms with van der Waals surface area (Å²) in [4.78, 5) is 28.5. The second-order valence-corrected chi connectivity index (χ2v) is 11.1. The normalized spacial score (nSPS) is 18.9. The molecule has 12 heteroatoms. The molecular weight excluding hydrogens is 482 g/mol. The lowest BCUT2D eigenvalue weighted by Gasteiger charge is -2.19. The van der Waals surface area contributed by atoms with Gasteiger partial charge in [-0.05, 0) is 63.7 Å². The second-order valence-electron chi connectivity index (χ2n) is 8.74. The summed E-state index contributed by atoms with van der Waals surface area (Å²) in [6.07, 6.45) is 4.60. The lowest BCUT2D eigenvalue weighted by atomic mass is 10.2. The van der Waals surface area contributed by atoms with Gasteiger partial charge in [0.2, 0.25) is 9.84 Å². The van der Waals surface area contributed by atoms with Crippen molar-refractivity contribution in [2.45, 2.75) is 41.1 Å². The van der Waals surface area contributed by atoms with E-state index in [1.807, 2.05) is 18.8 Å². The predicted octanol–water partition coefficient (Wildman–Crippen LogP) is 2.42. The van der Waals surface area contributed by atoms with Crippen LogP contribution in [0.25, 0.3) is 21.8 Å². The van der Waals surface area contributed by atoms with E-state index in [1.54, 1.807) is 18.3 Å². The van der Waals surface area contributed by atoms with Crippen LogP contribution in [0.5, 0.6) is 0 Å². The Labute approximate surface area is 198 Å². The zero-order valence-corrected chi connectivity index (χ0v) is 20.0. The first kappa shape index (κ1) is 22.6. The first-order valence-corrected chi connectivity index (χ1v) is 12.5. The zero-order chi connectivity index (χ0) is 24.4. The summed E-state index contributed by atoms with van der Waals surface area (Å²) in [7, 11) is -0.0767. The van der Waals surface area contributed by atoms with Crippen LogP contribution in [0.4, 0.5) is 0 Å². The molecule has 2 aromatic carbocycles. The van der Waals surface area contributed by atoms with Gasteiger partial charge in [0.25, 0.3) is 5.56 Å². The van der Waals surface area contributed by atoms with E-state index in [-0.39, 0.29) is 36.5 Å². The lowest BCUT2D eigenvalue weighted by molar-refractivity contribution is 0.162. The van der Waals surface area contributed by atoms with Crippen molar-refractivity contribution in [3.63, 3.8) is 0 Å². The third-order valence-corrected chi connectivity index (χ3v) is 8.68. The number of aromatic nitrogens is 4. The Morgan fingerprint density at radius 2 is 1.94 bits per heavy atom. The molecule has 5 rings (SSSR count). The lowest BCUT2D eigenvalue weighted by Crippen LogP contribution is -2.33. The number of hydrogen-bond acceptors (Lipinski definition) is 7. The summed E-state index contributed by atoms with van der Waals surface area (Å²) >= 11 is 6.09. The Bertz CT molecular complexity index is 1670. The van der Waals surface area contributed by atoms with Crippen LogP contribution in [0.3, 0.4) is 0 Å². The Morgan fingerprint density at radius 3 is 2.65 bits per heavy atom. The molecule has 0 saturated heterocycles. The fourth-order valence-corrected chi connectivity index (χ4v) is 6.38. The predicted molar refractivity (Wildman–Crippen MR) is 127 cm³/mol. The van der Waals surface area contributed by atoms with Crippen LogP contribution in [-0.4, -0.2) is 58.2 Å². The van der Waals surface area contributed by atoms with Crippen LogP contribution in [0.2, 0.25) is 5.02 Å². The Kier molecular flexibility index (Phi) is 5.30. The molecule has 0 spiro atoms. The molecule has 0 amide bonds. The van der Waals surface area contributed by atoms with Gasteiger partial charge in [-0.25, -0.2) is 13.2 Å². The molecule has 0 radical (unpaired) electrons. The average molecular weight is 504 g/mol. The molecule has 2 heterocycles. The fraction of sp³-hybridized carbons (Fsp3) is 0.318. The number of nitrogens with zero attached hydrogens (tertiary/aromatic N) is 4. The molecule has 1 aliphatic carbocycles. The van der Waals surface area contributed by atoms with Gasteiger partial charge in [0.05, 0.1) is 43.5 Å². The number of sulfone groups is 1. The summed E-state index contributed by atoms with van der Waals surface area (Å²) in [5.41, 5.74) is -1.84. The minimum Gasteiger partial charge on any atom is -0.421 e. The third kappa shape index (κ3) is 3.42. The van der Waals surface area contributed by atoms with E-state index in [0.29, 0.717) is 11.6 Å². The van der Waals surface area contributed by atoms with Gasteiger partial charge in [-0.2, -0.15) is 5.10 Å². The van der Waals surface area contributed by atoms with Crippen LogP contribution < -0.4 is 11.2 Å². The van der Waals surface area contributed by atoms with E-state index in [2.05, 4.69) is 15.0 Å². The van der Waals surface area contributed by atoms with Crippen molar-refractivity contribution in [3.8, 4) is 0 Å². The molecule has 2 aromatic heterocycles. The highest BCUT2D eigenvalue weighted by Gasteiger charge is 2.30. The van der Waals surface area contributed by atoms with E-state index in [1.165, 1.54) is 18.2 Å². The van der Waals surface area contributed by atoms with E-state index in [0.717, 1.165) is 24.6 Å². The number of aromatic amines is 1. The molecule has 178 valence electrons. The average Bonchev–Trinajstić information content (AvgIpc) is 3.44. The largest absolute Gasteiger partial charge is 0.421 e. The van der Waals surface area contributed by atoms with Crippen LogP contribution in [0.1, 0.15) is 25.3 Å². The van der Waals surface area contributed by atoms with Gasteiger partial charge >= 0.3 is 5.69 Å². The molecular formula is C22H22ClN5O5S. The number of rotatable bonds is 4. The highest BCUT2D eigenvalue weighted by Crippen LogP contribution is 2.35. The number of hydrogen-bond donors (Lipinski definition) is 2. The minimum absolute atomic E-state index is 0.0124. The SMILES string of the molecule is CN(C)[C@H]1CC[C@H](n2ncc3ccc(S(=O)(=O)c4ccc(Cl)c5c(=O)n(O)c(=O)[nH]c45)cc32)C1. The molecule has 0 unspecified atom stereocenters. The number of H-pyrrole nitrogens is 1. The molecule has 0 aliphatic heterocycles. The van der Waals surface area contributed by atoms with Crippen molar-refractivity contribution < 1.29 is 13.6 Å². The number of nitrogens with one attached hydrogen (secondary N) is 1. The highest BCUT2D eigenvalue weighted by atomic mass is 35.5. The van der Waals surface area contributed by atoms with Crippen molar-refractivity contribution in [2.75, 3.05) is 14.1 Å². The molecule has 4 aromatic rings. The highest BCUT2D eigenvalue weighted by molar-refractivity contribution is 7.91. The maximum Gasteiger partial charge on any atom is 0.362 e. The van der Waals surface area contributed by atoms with Gasteiger partial charge in [-0.15, -0.1) is 0 Å². The van der Waals surface area contributed by atoms with Crippen LogP contribution >= 0.6 is 11.6 Å². The van der Waals surface area contributed by atoms with Gasteiger partial charge < -0.3 is 15.1 Å². The molecule has 10 nitrogen and oxygen atoms in total. The summed E-state index contributed by atoms with van der Waals surface area (Å²) in [6, 6.07) is 7.78.